The van der Waals surface area contributed by atoms with Gasteiger partial charge in [0.2, 0.25) is 0 Å². The fourth-order valence-electron chi connectivity index (χ4n) is 1.43. The molecule has 0 fully saturated rings. The first kappa shape index (κ1) is 12.0. The van der Waals surface area contributed by atoms with E-state index in [2.05, 4.69) is 4.98 Å². The Labute approximate surface area is 105 Å². The maximum atomic E-state index is 8.94. The number of nitrogen functional groups attached to an aromatic ring is 1. The van der Waals surface area contributed by atoms with Crippen LogP contribution in [-0.4, -0.2) is 10.1 Å². The van der Waals surface area contributed by atoms with Crippen LogP contribution >= 0.6 is 11.8 Å². The van der Waals surface area contributed by atoms with E-state index in [4.69, 9.17) is 10.8 Å². The van der Waals surface area contributed by atoms with Gasteiger partial charge in [-0.25, -0.2) is 4.98 Å². The van der Waals surface area contributed by atoms with Gasteiger partial charge in [0.25, 0.3) is 0 Å². The second kappa shape index (κ2) is 5.70. The van der Waals surface area contributed by atoms with E-state index >= 15 is 0 Å². The summed E-state index contributed by atoms with van der Waals surface area (Å²) >= 11 is 1.70. The van der Waals surface area contributed by atoms with Crippen LogP contribution in [0.3, 0.4) is 0 Å². The van der Waals surface area contributed by atoms with Crippen molar-refractivity contribution in [2.24, 2.45) is 0 Å². The molecule has 1 aromatic heterocycles. The zero-order chi connectivity index (χ0) is 12.1. The van der Waals surface area contributed by atoms with Crippen molar-refractivity contribution in [2.75, 3.05) is 5.73 Å². The topological polar surface area (TPSA) is 59.1 Å². The van der Waals surface area contributed by atoms with Gasteiger partial charge in [0.1, 0.15) is 5.82 Å². The lowest BCUT2D eigenvalue weighted by atomic mass is 10.2. The summed E-state index contributed by atoms with van der Waals surface area (Å²) in [7, 11) is 0. The SMILES string of the molecule is Nc1cccc(CSc2ccc(CO)cc2)n1. The van der Waals surface area contributed by atoms with Crippen LogP contribution in [-0.2, 0) is 12.4 Å². The fraction of sp³-hybridized carbons (Fsp3) is 0.154. The van der Waals surface area contributed by atoms with Gasteiger partial charge in [0, 0.05) is 10.6 Å². The van der Waals surface area contributed by atoms with E-state index in [1.807, 2.05) is 36.4 Å². The van der Waals surface area contributed by atoms with E-state index in [1.165, 1.54) is 0 Å². The summed E-state index contributed by atoms with van der Waals surface area (Å²) in [6, 6.07) is 13.5. The molecule has 0 radical (unpaired) electrons. The van der Waals surface area contributed by atoms with Crippen LogP contribution in [0.2, 0.25) is 0 Å². The molecule has 2 rings (SSSR count). The van der Waals surface area contributed by atoms with Gasteiger partial charge in [0.15, 0.2) is 0 Å². The molecule has 2 aromatic rings. The summed E-state index contributed by atoms with van der Waals surface area (Å²) in [5, 5.41) is 8.94. The highest BCUT2D eigenvalue weighted by Crippen LogP contribution is 2.22. The Bertz CT molecular complexity index is 485. The van der Waals surface area contributed by atoms with Crippen molar-refractivity contribution in [3.05, 3.63) is 53.7 Å². The molecular weight excluding hydrogens is 232 g/mol. The average Bonchev–Trinajstić information content (AvgIpc) is 2.37. The van der Waals surface area contributed by atoms with Gasteiger partial charge in [-0.15, -0.1) is 11.8 Å². The van der Waals surface area contributed by atoms with E-state index in [1.54, 1.807) is 17.8 Å². The standard InChI is InChI=1S/C13H14N2OS/c14-13-3-1-2-11(15-13)9-17-12-6-4-10(8-16)5-7-12/h1-7,16H,8-9H2,(H2,14,15). The molecule has 0 spiro atoms. The van der Waals surface area contributed by atoms with Crippen LogP contribution in [0.4, 0.5) is 5.82 Å². The monoisotopic (exact) mass is 246 g/mol. The number of anilines is 1. The Morgan fingerprint density at radius 2 is 1.88 bits per heavy atom. The molecule has 0 aliphatic carbocycles. The van der Waals surface area contributed by atoms with Crippen molar-refractivity contribution >= 4 is 17.6 Å². The lowest BCUT2D eigenvalue weighted by Crippen LogP contribution is -1.93. The maximum absolute atomic E-state index is 8.94. The first-order valence-electron chi connectivity index (χ1n) is 5.32. The van der Waals surface area contributed by atoms with Gasteiger partial charge in [0.05, 0.1) is 12.3 Å². The number of nitrogens with zero attached hydrogens (tertiary/aromatic N) is 1. The Kier molecular flexibility index (Phi) is 4.01. The van der Waals surface area contributed by atoms with E-state index in [9.17, 15) is 0 Å². The third kappa shape index (κ3) is 3.47. The second-order valence-corrected chi connectivity index (χ2v) is 4.69. The van der Waals surface area contributed by atoms with E-state index in [0.717, 1.165) is 21.9 Å². The minimum absolute atomic E-state index is 0.0850. The van der Waals surface area contributed by atoms with Crippen LogP contribution in [0, 0.1) is 0 Å². The Morgan fingerprint density at radius 1 is 1.12 bits per heavy atom. The van der Waals surface area contributed by atoms with Gasteiger partial charge in [-0.05, 0) is 29.8 Å². The molecule has 0 bridgehead atoms. The highest BCUT2D eigenvalue weighted by molar-refractivity contribution is 7.98. The zero-order valence-corrected chi connectivity index (χ0v) is 10.2. The molecule has 0 aliphatic rings. The largest absolute Gasteiger partial charge is 0.392 e. The lowest BCUT2D eigenvalue weighted by Gasteiger charge is -2.03. The molecule has 3 N–H and O–H groups in total. The summed E-state index contributed by atoms with van der Waals surface area (Å²) in [6.45, 7) is 0.0850. The summed E-state index contributed by atoms with van der Waals surface area (Å²) in [4.78, 5) is 5.40. The minimum atomic E-state index is 0.0850. The Hall–Kier alpha value is -1.52. The first-order chi connectivity index (χ1) is 8.28. The molecule has 0 saturated carbocycles. The predicted octanol–water partition coefficient (Wildman–Crippen LogP) is 2.45. The third-order valence-electron chi connectivity index (χ3n) is 2.32. The predicted molar refractivity (Wildman–Crippen MR) is 70.6 cm³/mol. The van der Waals surface area contributed by atoms with Crippen LogP contribution in [0.25, 0.3) is 0 Å². The number of hydrogen-bond acceptors (Lipinski definition) is 4. The Morgan fingerprint density at radius 3 is 2.53 bits per heavy atom. The number of aliphatic hydroxyl groups excluding tert-OH is 1. The van der Waals surface area contributed by atoms with Crippen LogP contribution in [0.5, 0.6) is 0 Å². The molecule has 0 aliphatic heterocycles. The van der Waals surface area contributed by atoms with Gasteiger partial charge < -0.3 is 10.8 Å². The number of thioether (sulfide) groups is 1. The summed E-state index contributed by atoms with van der Waals surface area (Å²) in [5.41, 5.74) is 7.52. The van der Waals surface area contributed by atoms with Crippen LogP contribution in [0.15, 0.2) is 47.4 Å². The smallest absolute Gasteiger partial charge is 0.123 e. The molecule has 17 heavy (non-hydrogen) atoms. The molecule has 0 saturated heterocycles. The minimum Gasteiger partial charge on any atom is -0.392 e. The molecule has 4 heteroatoms. The van der Waals surface area contributed by atoms with Crippen LogP contribution < -0.4 is 5.73 Å². The normalized spacial score (nSPS) is 10.4. The summed E-state index contributed by atoms with van der Waals surface area (Å²) < 4.78 is 0. The maximum Gasteiger partial charge on any atom is 0.123 e. The second-order valence-electron chi connectivity index (χ2n) is 3.64. The van der Waals surface area contributed by atoms with Gasteiger partial charge >= 0.3 is 0 Å². The molecular formula is C13H14N2OS. The number of hydrogen-bond donors (Lipinski definition) is 2. The number of aliphatic hydroxyl groups is 1. The molecule has 1 aromatic carbocycles. The summed E-state index contributed by atoms with van der Waals surface area (Å²) in [6.07, 6.45) is 0. The number of aromatic nitrogens is 1. The van der Waals surface area contributed by atoms with Crippen molar-refractivity contribution in [1.82, 2.24) is 4.98 Å². The average molecular weight is 246 g/mol. The van der Waals surface area contributed by atoms with Crippen molar-refractivity contribution < 1.29 is 5.11 Å². The van der Waals surface area contributed by atoms with Crippen LogP contribution in [0.1, 0.15) is 11.3 Å². The molecule has 0 unspecified atom stereocenters. The highest BCUT2D eigenvalue weighted by Gasteiger charge is 1.98. The zero-order valence-electron chi connectivity index (χ0n) is 9.34. The quantitative estimate of drug-likeness (QED) is 0.814. The number of rotatable bonds is 4. The fourth-order valence-corrected chi connectivity index (χ4v) is 2.23. The highest BCUT2D eigenvalue weighted by atomic mass is 32.2. The van der Waals surface area contributed by atoms with E-state index in [0.29, 0.717) is 5.82 Å². The molecule has 1 heterocycles. The van der Waals surface area contributed by atoms with Crippen molar-refractivity contribution in [1.29, 1.82) is 0 Å². The van der Waals surface area contributed by atoms with E-state index in [-0.39, 0.29) is 6.61 Å². The molecule has 88 valence electrons. The first-order valence-corrected chi connectivity index (χ1v) is 6.30. The molecule has 0 amide bonds. The Balaban J connectivity index is 1.97. The number of benzene rings is 1. The molecule has 3 nitrogen and oxygen atoms in total. The number of pyridine rings is 1. The molecule has 0 atom stereocenters. The van der Waals surface area contributed by atoms with Crippen molar-refractivity contribution in [2.45, 2.75) is 17.3 Å². The van der Waals surface area contributed by atoms with Crippen molar-refractivity contribution in [3.63, 3.8) is 0 Å². The van der Waals surface area contributed by atoms with E-state index < -0.39 is 0 Å². The lowest BCUT2D eigenvalue weighted by molar-refractivity contribution is 0.282. The number of nitrogens with two attached hydrogens (primary N) is 1. The third-order valence-corrected chi connectivity index (χ3v) is 3.37. The van der Waals surface area contributed by atoms with Gasteiger partial charge in [-0.3, -0.25) is 0 Å². The summed E-state index contributed by atoms with van der Waals surface area (Å²) in [5.74, 6) is 1.35. The van der Waals surface area contributed by atoms with Crippen molar-refractivity contribution in [3.8, 4) is 0 Å². The van der Waals surface area contributed by atoms with Gasteiger partial charge in [-0.2, -0.15) is 0 Å². The van der Waals surface area contributed by atoms with Gasteiger partial charge in [-0.1, -0.05) is 18.2 Å².